The van der Waals surface area contributed by atoms with E-state index < -0.39 is 17.3 Å². The van der Waals surface area contributed by atoms with Crippen LogP contribution in [-0.4, -0.2) is 22.3 Å². The number of benzene rings is 1. The van der Waals surface area contributed by atoms with Gasteiger partial charge in [0, 0.05) is 25.8 Å². The minimum atomic E-state index is -0.613. The largest absolute Gasteiger partial charge is 0.453 e. The van der Waals surface area contributed by atoms with Crippen LogP contribution < -0.4 is 21.3 Å². The van der Waals surface area contributed by atoms with E-state index in [1.165, 1.54) is 31.8 Å². The monoisotopic (exact) mass is 305 g/mol. The van der Waals surface area contributed by atoms with Crippen LogP contribution in [0.3, 0.4) is 0 Å². The van der Waals surface area contributed by atoms with Crippen molar-refractivity contribution in [2.75, 3.05) is 12.4 Å². The molecule has 22 heavy (non-hydrogen) atoms. The number of ether oxygens (including phenoxy) is 2. The number of hydrogen-bond acceptors (Lipinski definition) is 5. The Kier molecular flexibility index (Phi) is 4.31. The molecule has 0 aliphatic rings. The first-order chi connectivity index (χ1) is 10.4. The molecule has 0 aliphatic carbocycles. The van der Waals surface area contributed by atoms with Crippen molar-refractivity contribution in [3.63, 3.8) is 0 Å². The minimum absolute atomic E-state index is 0.100. The molecule has 8 heteroatoms. The number of aromatic nitrogens is 2. The lowest BCUT2D eigenvalue weighted by atomic mass is 10.3. The number of hydrogen-bond donors (Lipinski definition) is 1. The Bertz CT molecular complexity index is 822. The second-order valence-electron chi connectivity index (χ2n) is 4.47. The van der Waals surface area contributed by atoms with Gasteiger partial charge in [0.1, 0.15) is 5.75 Å². The van der Waals surface area contributed by atoms with E-state index in [9.17, 15) is 14.4 Å². The van der Waals surface area contributed by atoms with E-state index in [0.29, 0.717) is 11.4 Å². The van der Waals surface area contributed by atoms with Gasteiger partial charge in [-0.1, -0.05) is 6.07 Å². The lowest BCUT2D eigenvalue weighted by Gasteiger charge is -2.11. The first kappa shape index (κ1) is 15.4. The molecule has 8 nitrogen and oxygen atoms in total. The molecule has 1 aromatic heterocycles. The van der Waals surface area contributed by atoms with Crippen molar-refractivity contribution in [1.29, 1.82) is 0 Å². The van der Waals surface area contributed by atoms with Gasteiger partial charge in [-0.25, -0.2) is 9.59 Å². The molecular weight excluding hydrogens is 290 g/mol. The summed E-state index contributed by atoms with van der Waals surface area (Å²) in [5.74, 6) is 0.459. The van der Waals surface area contributed by atoms with Crippen LogP contribution in [0.5, 0.6) is 11.6 Å². The molecule has 0 fully saturated rings. The van der Waals surface area contributed by atoms with Gasteiger partial charge in [0.2, 0.25) is 5.88 Å². The topological polar surface area (TPSA) is 91.6 Å². The molecule has 2 aromatic rings. The first-order valence-electron chi connectivity index (χ1n) is 6.32. The Morgan fingerprint density at radius 1 is 1.14 bits per heavy atom. The molecule has 116 valence electrons. The van der Waals surface area contributed by atoms with Crippen molar-refractivity contribution >= 4 is 11.8 Å². The highest BCUT2D eigenvalue weighted by Crippen LogP contribution is 2.22. The van der Waals surface area contributed by atoms with Crippen molar-refractivity contribution in [1.82, 2.24) is 9.13 Å². The number of carbonyl (C=O) groups is 1. The van der Waals surface area contributed by atoms with Crippen molar-refractivity contribution in [2.24, 2.45) is 14.1 Å². The fourth-order valence-electron chi connectivity index (χ4n) is 1.74. The van der Waals surface area contributed by atoms with Gasteiger partial charge in [0.25, 0.3) is 5.56 Å². The van der Waals surface area contributed by atoms with Crippen LogP contribution in [0.4, 0.5) is 10.5 Å². The number of methoxy groups -OCH3 is 1. The van der Waals surface area contributed by atoms with Gasteiger partial charge in [0.05, 0.1) is 13.2 Å². The Labute approximate surface area is 125 Å². The van der Waals surface area contributed by atoms with Crippen LogP contribution in [0.2, 0.25) is 0 Å². The summed E-state index contributed by atoms with van der Waals surface area (Å²) in [7, 11) is 4.13. The molecule has 2 rings (SSSR count). The zero-order chi connectivity index (χ0) is 16.3. The highest BCUT2D eigenvalue weighted by molar-refractivity contribution is 5.84. The Hall–Kier alpha value is -3.03. The van der Waals surface area contributed by atoms with Gasteiger partial charge < -0.3 is 9.47 Å². The van der Waals surface area contributed by atoms with Crippen molar-refractivity contribution in [2.45, 2.75) is 0 Å². The summed E-state index contributed by atoms with van der Waals surface area (Å²) < 4.78 is 12.2. The predicted octanol–water partition coefficient (Wildman–Crippen LogP) is 1.05. The number of nitrogens with one attached hydrogen (secondary N) is 1. The molecular formula is C14H15N3O5. The molecule has 0 atom stereocenters. The van der Waals surface area contributed by atoms with Crippen LogP contribution in [-0.2, 0) is 18.8 Å². The molecule has 1 heterocycles. The van der Waals surface area contributed by atoms with Gasteiger partial charge in [-0.05, 0) is 12.1 Å². The fourth-order valence-corrected chi connectivity index (χ4v) is 1.74. The molecule has 1 N–H and O–H groups in total. The zero-order valence-electron chi connectivity index (χ0n) is 12.3. The quantitative estimate of drug-likeness (QED) is 0.915. The maximum atomic E-state index is 11.8. The highest BCUT2D eigenvalue weighted by atomic mass is 16.5. The second-order valence-corrected chi connectivity index (χ2v) is 4.47. The van der Waals surface area contributed by atoms with Crippen LogP contribution >= 0.6 is 0 Å². The Balaban J connectivity index is 2.32. The van der Waals surface area contributed by atoms with E-state index in [0.717, 1.165) is 4.57 Å². The van der Waals surface area contributed by atoms with Crippen molar-refractivity contribution < 1.29 is 14.3 Å². The van der Waals surface area contributed by atoms with Crippen molar-refractivity contribution in [3.8, 4) is 11.6 Å². The number of nitrogens with zero attached hydrogens (tertiary/aromatic N) is 2. The molecule has 0 saturated heterocycles. The van der Waals surface area contributed by atoms with Gasteiger partial charge >= 0.3 is 11.8 Å². The zero-order valence-corrected chi connectivity index (χ0v) is 12.3. The SMILES string of the molecule is COC(=O)Nc1cccc(Oc2cc(=O)n(C)c(=O)n2C)c1. The molecule has 0 aliphatic heterocycles. The van der Waals surface area contributed by atoms with E-state index in [-0.39, 0.29) is 5.88 Å². The van der Waals surface area contributed by atoms with E-state index in [2.05, 4.69) is 10.1 Å². The van der Waals surface area contributed by atoms with Crippen LogP contribution in [0.1, 0.15) is 0 Å². The van der Waals surface area contributed by atoms with Crippen LogP contribution in [0, 0.1) is 0 Å². The summed E-state index contributed by atoms with van der Waals surface area (Å²) in [6.07, 6.45) is -0.613. The van der Waals surface area contributed by atoms with Crippen LogP contribution in [0.25, 0.3) is 0 Å². The summed E-state index contributed by atoms with van der Waals surface area (Å²) in [6.45, 7) is 0. The van der Waals surface area contributed by atoms with E-state index in [4.69, 9.17) is 4.74 Å². The fraction of sp³-hybridized carbons (Fsp3) is 0.214. The summed E-state index contributed by atoms with van der Waals surface area (Å²) in [6, 6.07) is 7.68. The average Bonchev–Trinajstić information content (AvgIpc) is 2.50. The molecule has 0 unspecified atom stereocenters. The maximum Gasteiger partial charge on any atom is 0.411 e. The summed E-state index contributed by atoms with van der Waals surface area (Å²) >= 11 is 0. The second kappa shape index (κ2) is 6.17. The summed E-state index contributed by atoms with van der Waals surface area (Å²) in [5, 5.41) is 2.49. The molecule has 1 aromatic carbocycles. The lowest BCUT2D eigenvalue weighted by Crippen LogP contribution is -2.36. The maximum absolute atomic E-state index is 11.8. The van der Waals surface area contributed by atoms with Gasteiger partial charge in [-0.3, -0.25) is 19.2 Å². The van der Waals surface area contributed by atoms with Gasteiger partial charge in [-0.15, -0.1) is 0 Å². The molecule has 0 radical (unpaired) electrons. The molecule has 0 bridgehead atoms. The van der Waals surface area contributed by atoms with Crippen molar-refractivity contribution in [3.05, 3.63) is 51.2 Å². The standard InChI is InChI=1S/C14H15N3O5/c1-16-11(18)8-12(17(2)14(16)20)22-10-6-4-5-9(7-10)15-13(19)21-3/h4-8H,1-3H3,(H,15,19). The van der Waals surface area contributed by atoms with E-state index >= 15 is 0 Å². The summed E-state index contributed by atoms with van der Waals surface area (Å²) in [4.78, 5) is 34.6. The number of rotatable bonds is 3. The molecule has 0 saturated carbocycles. The Morgan fingerprint density at radius 2 is 1.86 bits per heavy atom. The van der Waals surface area contributed by atoms with E-state index in [1.54, 1.807) is 24.3 Å². The first-order valence-corrected chi connectivity index (χ1v) is 6.32. The number of amides is 1. The third-order valence-corrected chi connectivity index (χ3v) is 2.97. The smallest absolute Gasteiger partial charge is 0.411 e. The number of carbonyl (C=O) groups excluding carboxylic acids is 1. The summed E-state index contributed by atoms with van der Waals surface area (Å²) in [5.41, 5.74) is -0.508. The predicted molar refractivity (Wildman–Crippen MR) is 79.5 cm³/mol. The third kappa shape index (κ3) is 3.17. The van der Waals surface area contributed by atoms with Gasteiger partial charge in [-0.2, -0.15) is 0 Å². The number of anilines is 1. The minimum Gasteiger partial charge on any atom is -0.453 e. The highest BCUT2D eigenvalue weighted by Gasteiger charge is 2.09. The third-order valence-electron chi connectivity index (χ3n) is 2.97. The lowest BCUT2D eigenvalue weighted by molar-refractivity contribution is 0.187. The van der Waals surface area contributed by atoms with E-state index in [1.807, 2.05) is 0 Å². The average molecular weight is 305 g/mol. The van der Waals surface area contributed by atoms with Crippen LogP contribution in [0.15, 0.2) is 39.9 Å². The van der Waals surface area contributed by atoms with Gasteiger partial charge in [0.15, 0.2) is 0 Å². The Morgan fingerprint density at radius 3 is 2.55 bits per heavy atom. The normalized spacial score (nSPS) is 10.1. The molecule has 1 amide bonds. The molecule has 0 spiro atoms.